The van der Waals surface area contributed by atoms with Crippen LogP contribution in [0.5, 0.6) is 5.75 Å². The van der Waals surface area contributed by atoms with Crippen LogP contribution in [-0.2, 0) is 0 Å². The van der Waals surface area contributed by atoms with Gasteiger partial charge in [0.15, 0.2) is 5.78 Å². The van der Waals surface area contributed by atoms with Crippen molar-refractivity contribution in [3.63, 3.8) is 0 Å². The molecule has 4 rings (SSSR count). The van der Waals surface area contributed by atoms with Crippen LogP contribution in [0, 0.1) is 0 Å². The SMILES string of the molecule is NC(O)c1cccc(-c2ccc3c(c2)C(=O)CC2(CCNCC2)O3)c1. The summed E-state index contributed by atoms with van der Waals surface area (Å²) < 4.78 is 6.26. The quantitative estimate of drug-likeness (QED) is 0.732. The maximum absolute atomic E-state index is 12.8. The summed E-state index contributed by atoms with van der Waals surface area (Å²) in [6, 6.07) is 13.1. The minimum absolute atomic E-state index is 0.139. The predicted octanol–water partition coefficient (Wildman–Crippen LogP) is 2.39. The van der Waals surface area contributed by atoms with Crippen molar-refractivity contribution in [2.75, 3.05) is 13.1 Å². The van der Waals surface area contributed by atoms with Gasteiger partial charge in [-0.1, -0.05) is 24.3 Å². The number of fused-ring (bicyclic) bond motifs is 1. The Balaban J connectivity index is 1.68. The highest BCUT2D eigenvalue weighted by Gasteiger charge is 2.41. The van der Waals surface area contributed by atoms with Crippen molar-refractivity contribution in [2.45, 2.75) is 31.1 Å². The van der Waals surface area contributed by atoms with Crippen molar-refractivity contribution < 1.29 is 14.6 Å². The Morgan fingerprint density at radius 2 is 1.88 bits per heavy atom. The van der Waals surface area contributed by atoms with Gasteiger partial charge in [0.05, 0.1) is 12.0 Å². The van der Waals surface area contributed by atoms with Gasteiger partial charge in [-0.3, -0.25) is 4.79 Å². The first-order valence-corrected chi connectivity index (χ1v) is 8.67. The Kier molecular flexibility index (Phi) is 4.07. The second-order valence-corrected chi connectivity index (χ2v) is 6.92. The van der Waals surface area contributed by atoms with E-state index in [0.29, 0.717) is 23.3 Å². The van der Waals surface area contributed by atoms with Crippen LogP contribution in [0.2, 0.25) is 0 Å². The number of aliphatic hydroxyl groups excluding tert-OH is 1. The minimum atomic E-state index is -1.01. The number of ketones is 1. The zero-order valence-corrected chi connectivity index (χ0v) is 14.0. The molecule has 0 bridgehead atoms. The largest absolute Gasteiger partial charge is 0.486 e. The number of piperidine rings is 1. The van der Waals surface area contributed by atoms with E-state index in [9.17, 15) is 9.90 Å². The third kappa shape index (κ3) is 3.06. The van der Waals surface area contributed by atoms with E-state index in [1.165, 1.54) is 0 Å². The number of aliphatic hydroxyl groups is 1. The molecule has 2 aromatic carbocycles. The maximum atomic E-state index is 12.8. The van der Waals surface area contributed by atoms with Crippen molar-refractivity contribution >= 4 is 5.78 Å². The number of nitrogens with two attached hydrogens (primary N) is 1. The molecule has 0 radical (unpaired) electrons. The first-order valence-electron chi connectivity index (χ1n) is 8.67. The number of ether oxygens (including phenoxy) is 1. The van der Waals surface area contributed by atoms with Gasteiger partial charge >= 0.3 is 0 Å². The molecule has 130 valence electrons. The Labute approximate surface area is 146 Å². The van der Waals surface area contributed by atoms with E-state index in [4.69, 9.17) is 10.5 Å². The molecule has 2 aliphatic heterocycles. The van der Waals surface area contributed by atoms with Crippen molar-refractivity contribution in [3.8, 4) is 16.9 Å². The zero-order valence-electron chi connectivity index (χ0n) is 14.0. The minimum Gasteiger partial charge on any atom is -0.486 e. The monoisotopic (exact) mass is 338 g/mol. The summed E-state index contributed by atoms with van der Waals surface area (Å²) in [6.45, 7) is 1.77. The van der Waals surface area contributed by atoms with Gasteiger partial charge in [0, 0.05) is 12.8 Å². The zero-order chi connectivity index (χ0) is 17.4. The first kappa shape index (κ1) is 16.3. The molecule has 0 saturated carbocycles. The van der Waals surface area contributed by atoms with Gasteiger partial charge in [0.2, 0.25) is 0 Å². The van der Waals surface area contributed by atoms with Crippen LogP contribution in [0.4, 0.5) is 0 Å². The van der Waals surface area contributed by atoms with Gasteiger partial charge in [0.1, 0.15) is 17.6 Å². The van der Waals surface area contributed by atoms with Gasteiger partial charge in [-0.15, -0.1) is 0 Å². The highest BCUT2D eigenvalue weighted by molar-refractivity contribution is 6.01. The molecule has 2 aliphatic rings. The van der Waals surface area contributed by atoms with Crippen molar-refractivity contribution in [3.05, 3.63) is 53.6 Å². The van der Waals surface area contributed by atoms with Crippen LogP contribution < -0.4 is 15.8 Å². The third-order valence-electron chi connectivity index (χ3n) is 5.17. The van der Waals surface area contributed by atoms with E-state index in [1.54, 1.807) is 6.07 Å². The van der Waals surface area contributed by atoms with Crippen LogP contribution in [0.1, 0.15) is 41.4 Å². The lowest BCUT2D eigenvalue weighted by molar-refractivity contribution is 0.0188. The summed E-state index contributed by atoms with van der Waals surface area (Å²) in [6.07, 6.45) is 1.14. The standard InChI is InChI=1S/C20H22N2O3/c21-19(24)15-3-1-2-13(10-15)14-4-5-18-16(11-14)17(23)12-20(25-18)6-8-22-9-7-20/h1-5,10-11,19,22,24H,6-9,12,21H2. The summed E-state index contributed by atoms with van der Waals surface area (Å²) in [5.74, 6) is 0.817. The molecular formula is C20H22N2O3. The van der Waals surface area contributed by atoms with Crippen molar-refractivity contribution in [2.24, 2.45) is 5.73 Å². The molecule has 5 heteroatoms. The highest BCUT2D eigenvalue weighted by atomic mass is 16.5. The summed E-state index contributed by atoms with van der Waals surface area (Å²) in [4.78, 5) is 12.8. The normalized spacial score (nSPS) is 20.0. The molecular weight excluding hydrogens is 316 g/mol. The molecule has 0 aromatic heterocycles. The Morgan fingerprint density at radius 3 is 2.64 bits per heavy atom. The molecule has 4 N–H and O–H groups in total. The van der Waals surface area contributed by atoms with Crippen LogP contribution in [-0.4, -0.2) is 29.6 Å². The van der Waals surface area contributed by atoms with Gasteiger partial charge in [-0.25, -0.2) is 0 Å². The number of carbonyl (C=O) groups is 1. The molecule has 0 aliphatic carbocycles. The number of Topliss-reactive ketones (excluding diaryl/α,β-unsaturated/α-hetero) is 1. The van der Waals surface area contributed by atoms with E-state index in [0.717, 1.165) is 37.1 Å². The topological polar surface area (TPSA) is 84.6 Å². The van der Waals surface area contributed by atoms with E-state index < -0.39 is 6.23 Å². The Hall–Kier alpha value is -2.21. The molecule has 0 amide bonds. The fourth-order valence-electron chi connectivity index (χ4n) is 3.74. The molecule has 1 fully saturated rings. The predicted molar refractivity (Wildman–Crippen MR) is 95.4 cm³/mol. The second kappa shape index (κ2) is 6.26. The molecule has 1 saturated heterocycles. The summed E-state index contributed by atoms with van der Waals surface area (Å²) >= 11 is 0. The van der Waals surface area contributed by atoms with Crippen molar-refractivity contribution in [1.29, 1.82) is 0 Å². The highest BCUT2D eigenvalue weighted by Crippen LogP contribution is 2.39. The molecule has 1 unspecified atom stereocenters. The van der Waals surface area contributed by atoms with Crippen LogP contribution >= 0.6 is 0 Å². The van der Waals surface area contributed by atoms with E-state index in [2.05, 4.69) is 5.32 Å². The molecule has 2 heterocycles. The van der Waals surface area contributed by atoms with Gasteiger partial charge < -0.3 is 20.9 Å². The number of hydrogen-bond acceptors (Lipinski definition) is 5. The van der Waals surface area contributed by atoms with Crippen LogP contribution in [0.3, 0.4) is 0 Å². The van der Waals surface area contributed by atoms with Gasteiger partial charge in [0.25, 0.3) is 0 Å². The third-order valence-corrected chi connectivity index (χ3v) is 5.17. The van der Waals surface area contributed by atoms with Gasteiger partial charge in [-0.05, 0) is 48.0 Å². The average Bonchev–Trinajstić information content (AvgIpc) is 2.62. The van der Waals surface area contributed by atoms with E-state index in [-0.39, 0.29) is 11.4 Å². The van der Waals surface area contributed by atoms with E-state index in [1.807, 2.05) is 36.4 Å². The summed E-state index contributed by atoms with van der Waals surface area (Å²) in [5.41, 5.74) is 8.32. The Morgan fingerprint density at radius 1 is 1.12 bits per heavy atom. The molecule has 25 heavy (non-hydrogen) atoms. The molecule has 5 nitrogen and oxygen atoms in total. The summed E-state index contributed by atoms with van der Waals surface area (Å²) in [7, 11) is 0. The number of nitrogens with one attached hydrogen (secondary N) is 1. The first-order chi connectivity index (χ1) is 12.1. The fourth-order valence-corrected chi connectivity index (χ4v) is 3.74. The number of rotatable bonds is 2. The Bertz CT molecular complexity index is 810. The lowest BCUT2D eigenvalue weighted by Gasteiger charge is -2.41. The van der Waals surface area contributed by atoms with Gasteiger partial charge in [-0.2, -0.15) is 0 Å². The lowest BCUT2D eigenvalue weighted by atomic mass is 9.82. The van der Waals surface area contributed by atoms with Crippen LogP contribution in [0.25, 0.3) is 11.1 Å². The smallest absolute Gasteiger partial charge is 0.170 e. The molecule has 1 spiro atoms. The summed E-state index contributed by atoms with van der Waals surface area (Å²) in [5, 5.41) is 12.9. The number of carbonyl (C=O) groups excluding carboxylic acids is 1. The van der Waals surface area contributed by atoms with E-state index >= 15 is 0 Å². The van der Waals surface area contributed by atoms with Crippen LogP contribution in [0.15, 0.2) is 42.5 Å². The lowest BCUT2D eigenvalue weighted by Crippen LogP contribution is -2.49. The fraction of sp³-hybridized carbons (Fsp3) is 0.350. The molecule has 1 atom stereocenters. The average molecular weight is 338 g/mol. The number of benzene rings is 2. The molecule has 2 aromatic rings. The number of hydrogen-bond donors (Lipinski definition) is 3. The second-order valence-electron chi connectivity index (χ2n) is 6.92. The van der Waals surface area contributed by atoms with Crippen molar-refractivity contribution in [1.82, 2.24) is 5.32 Å². The maximum Gasteiger partial charge on any atom is 0.170 e.